The molecule has 0 unspecified atom stereocenters. The number of benzene rings is 3. The molecule has 34 heavy (non-hydrogen) atoms. The maximum Gasteiger partial charge on any atom is 0.271 e. The minimum Gasteiger partial charge on any atom is -0.487 e. The van der Waals surface area contributed by atoms with Gasteiger partial charge in [0.05, 0.1) is 16.5 Å². The molecule has 1 aromatic heterocycles. The minimum absolute atomic E-state index is 0.109. The first-order valence-corrected chi connectivity index (χ1v) is 10.9. The van der Waals surface area contributed by atoms with Gasteiger partial charge in [-0.15, -0.1) is 0 Å². The second-order valence-corrected chi connectivity index (χ2v) is 8.18. The maximum absolute atomic E-state index is 12.6. The number of amides is 1. The number of nitro benzene ring substituents is 1. The van der Waals surface area contributed by atoms with Gasteiger partial charge >= 0.3 is 0 Å². The van der Waals surface area contributed by atoms with E-state index in [0.717, 1.165) is 11.1 Å². The quantitative estimate of drug-likeness (QED) is 0.239. The summed E-state index contributed by atoms with van der Waals surface area (Å²) in [6.07, 6.45) is 1.79. The van der Waals surface area contributed by atoms with Crippen LogP contribution in [0.4, 0.5) is 11.5 Å². The lowest BCUT2D eigenvalue weighted by Crippen LogP contribution is -2.13. The van der Waals surface area contributed by atoms with Crippen LogP contribution in [0.2, 0.25) is 10.0 Å². The number of ether oxygens (including phenoxy) is 1. The van der Waals surface area contributed by atoms with E-state index < -0.39 is 4.92 Å². The van der Waals surface area contributed by atoms with Gasteiger partial charge in [0.15, 0.2) is 5.82 Å². The van der Waals surface area contributed by atoms with Crippen LogP contribution >= 0.6 is 23.2 Å². The summed E-state index contributed by atoms with van der Waals surface area (Å²) in [6, 6.07) is 20.1. The van der Waals surface area contributed by atoms with Crippen LogP contribution in [-0.2, 0) is 13.2 Å². The van der Waals surface area contributed by atoms with Gasteiger partial charge in [-0.1, -0.05) is 47.5 Å². The van der Waals surface area contributed by atoms with Crippen LogP contribution in [0.3, 0.4) is 0 Å². The SMILES string of the molecule is O=C(Nc1ccn(Cc2ccc(Cl)cc2)n1)c1ccc(COc2ccc([N+](=O)[O-])cc2Cl)cc1. The summed E-state index contributed by atoms with van der Waals surface area (Å²) in [7, 11) is 0. The molecule has 4 aromatic rings. The number of anilines is 1. The molecule has 0 saturated carbocycles. The van der Waals surface area contributed by atoms with Crippen molar-refractivity contribution in [2.75, 3.05) is 5.32 Å². The Labute approximate surface area is 204 Å². The number of aromatic nitrogens is 2. The van der Waals surface area contributed by atoms with Crippen molar-refractivity contribution in [3.05, 3.63) is 116 Å². The molecule has 1 heterocycles. The van der Waals surface area contributed by atoms with Crippen LogP contribution in [0.25, 0.3) is 0 Å². The number of nitrogens with one attached hydrogen (secondary N) is 1. The Balaban J connectivity index is 1.32. The van der Waals surface area contributed by atoms with E-state index in [1.165, 1.54) is 18.2 Å². The molecule has 0 atom stereocenters. The fraction of sp³-hybridized carbons (Fsp3) is 0.0833. The molecule has 0 spiro atoms. The molecule has 8 nitrogen and oxygen atoms in total. The molecular weight excluding hydrogens is 479 g/mol. The van der Waals surface area contributed by atoms with Crippen molar-refractivity contribution < 1.29 is 14.5 Å². The van der Waals surface area contributed by atoms with Crippen LogP contribution in [0, 0.1) is 10.1 Å². The Morgan fingerprint density at radius 1 is 1.00 bits per heavy atom. The Kier molecular flexibility index (Phi) is 7.10. The Bertz CT molecular complexity index is 1320. The summed E-state index contributed by atoms with van der Waals surface area (Å²) in [5, 5.41) is 18.8. The van der Waals surface area contributed by atoms with Gasteiger partial charge in [0, 0.05) is 35.0 Å². The van der Waals surface area contributed by atoms with Crippen molar-refractivity contribution in [3.63, 3.8) is 0 Å². The van der Waals surface area contributed by atoms with E-state index in [4.69, 9.17) is 27.9 Å². The zero-order chi connectivity index (χ0) is 24.1. The van der Waals surface area contributed by atoms with Gasteiger partial charge in [0.2, 0.25) is 0 Å². The average molecular weight is 497 g/mol. The first kappa shape index (κ1) is 23.3. The number of nitrogens with zero attached hydrogens (tertiary/aromatic N) is 3. The van der Waals surface area contributed by atoms with E-state index in [-0.39, 0.29) is 23.2 Å². The number of non-ortho nitro benzene ring substituents is 1. The van der Waals surface area contributed by atoms with Crippen LogP contribution in [0.1, 0.15) is 21.5 Å². The largest absolute Gasteiger partial charge is 0.487 e. The summed E-state index contributed by atoms with van der Waals surface area (Å²) in [5.41, 5.74) is 2.20. The normalized spacial score (nSPS) is 10.6. The molecule has 1 amide bonds. The van der Waals surface area contributed by atoms with Gasteiger partial charge in [-0.2, -0.15) is 5.10 Å². The second-order valence-electron chi connectivity index (χ2n) is 7.34. The van der Waals surface area contributed by atoms with Crippen molar-refractivity contribution in [1.82, 2.24) is 9.78 Å². The number of carbonyl (C=O) groups is 1. The van der Waals surface area contributed by atoms with Crippen molar-refractivity contribution >= 4 is 40.6 Å². The maximum atomic E-state index is 12.6. The number of carbonyl (C=O) groups excluding carboxylic acids is 1. The molecule has 10 heteroatoms. The smallest absolute Gasteiger partial charge is 0.271 e. The number of halogens is 2. The first-order valence-electron chi connectivity index (χ1n) is 10.1. The van der Waals surface area contributed by atoms with E-state index >= 15 is 0 Å². The fourth-order valence-corrected chi connectivity index (χ4v) is 3.47. The van der Waals surface area contributed by atoms with Crippen LogP contribution in [0.15, 0.2) is 79.0 Å². The Morgan fingerprint density at radius 3 is 2.38 bits per heavy atom. The molecule has 0 radical (unpaired) electrons. The third kappa shape index (κ3) is 5.92. The third-order valence-corrected chi connectivity index (χ3v) is 5.42. The average Bonchev–Trinajstić information content (AvgIpc) is 3.26. The molecular formula is C24H18Cl2N4O4. The highest BCUT2D eigenvalue weighted by atomic mass is 35.5. The van der Waals surface area contributed by atoms with E-state index in [9.17, 15) is 14.9 Å². The second kappa shape index (κ2) is 10.4. The van der Waals surface area contributed by atoms with Crippen molar-refractivity contribution in [2.24, 2.45) is 0 Å². The summed E-state index contributed by atoms with van der Waals surface area (Å²) in [6.45, 7) is 0.745. The highest BCUT2D eigenvalue weighted by Gasteiger charge is 2.11. The minimum atomic E-state index is -0.524. The molecule has 0 bridgehead atoms. The van der Waals surface area contributed by atoms with Gasteiger partial charge in [-0.05, 0) is 41.5 Å². The predicted molar refractivity (Wildman–Crippen MR) is 130 cm³/mol. The topological polar surface area (TPSA) is 99.3 Å². The molecule has 3 aromatic carbocycles. The molecule has 0 aliphatic heterocycles. The lowest BCUT2D eigenvalue weighted by molar-refractivity contribution is -0.384. The van der Waals surface area contributed by atoms with Crippen molar-refractivity contribution in [2.45, 2.75) is 13.2 Å². The van der Waals surface area contributed by atoms with Crippen LogP contribution in [-0.4, -0.2) is 20.6 Å². The van der Waals surface area contributed by atoms with Gasteiger partial charge in [0.1, 0.15) is 12.4 Å². The molecule has 172 valence electrons. The summed E-state index contributed by atoms with van der Waals surface area (Å²) in [5.74, 6) is 0.491. The van der Waals surface area contributed by atoms with E-state index in [1.54, 1.807) is 41.2 Å². The Morgan fingerprint density at radius 2 is 1.71 bits per heavy atom. The van der Waals surface area contributed by atoms with Gasteiger partial charge in [-0.25, -0.2) is 0 Å². The van der Waals surface area contributed by atoms with E-state index in [1.807, 2.05) is 24.3 Å². The molecule has 1 N–H and O–H groups in total. The summed E-state index contributed by atoms with van der Waals surface area (Å²) < 4.78 is 7.36. The van der Waals surface area contributed by atoms with E-state index in [0.29, 0.717) is 28.7 Å². The molecule has 0 fully saturated rings. The van der Waals surface area contributed by atoms with Crippen molar-refractivity contribution in [3.8, 4) is 5.75 Å². The zero-order valence-corrected chi connectivity index (χ0v) is 19.2. The van der Waals surface area contributed by atoms with Gasteiger partial charge in [-0.3, -0.25) is 19.6 Å². The third-order valence-electron chi connectivity index (χ3n) is 4.88. The molecule has 0 aliphatic rings. The lowest BCUT2D eigenvalue weighted by Gasteiger charge is -2.09. The zero-order valence-electron chi connectivity index (χ0n) is 17.7. The lowest BCUT2D eigenvalue weighted by atomic mass is 10.1. The molecule has 0 aliphatic carbocycles. The summed E-state index contributed by atoms with van der Waals surface area (Å²) >= 11 is 11.9. The number of rotatable bonds is 8. The standard InChI is InChI=1S/C24H18Cl2N4O4/c25-19-7-3-16(4-8-19)14-29-12-11-23(28-29)27-24(31)18-5-1-17(2-6-18)15-34-22-10-9-20(30(32)33)13-21(22)26/h1-13H,14-15H2,(H,27,28,31). The first-order chi connectivity index (χ1) is 16.4. The molecule has 4 rings (SSSR count). The van der Waals surface area contributed by atoms with E-state index in [2.05, 4.69) is 10.4 Å². The van der Waals surface area contributed by atoms with Crippen LogP contribution < -0.4 is 10.1 Å². The Hall–Kier alpha value is -3.88. The highest BCUT2D eigenvalue weighted by Crippen LogP contribution is 2.29. The number of nitro groups is 1. The fourth-order valence-electron chi connectivity index (χ4n) is 3.12. The predicted octanol–water partition coefficient (Wildman–Crippen LogP) is 5.98. The number of hydrogen-bond acceptors (Lipinski definition) is 5. The van der Waals surface area contributed by atoms with Gasteiger partial charge in [0.25, 0.3) is 11.6 Å². The van der Waals surface area contributed by atoms with Gasteiger partial charge < -0.3 is 10.1 Å². The molecule has 0 saturated heterocycles. The van der Waals surface area contributed by atoms with Crippen LogP contribution in [0.5, 0.6) is 5.75 Å². The van der Waals surface area contributed by atoms with Crippen molar-refractivity contribution in [1.29, 1.82) is 0 Å². The monoisotopic (exact) mass is 496 g/mol. The summed E-state index contributed by atoms with van der Waals surface area (Å²) in [4.78, 5) is 22.8. The number of hydrogen-bond donors (Lipinski definition) is 1. The highest BCUT2D eigenvalue weighted by molar-refractivity contribution is 6.32.